The van der Waals surface area contributed by atoms with Gasteiger partial charge in [0.25, 0.3) is 0 Å². The second-order valence-corrected chi connectivity index (χ2v) is 12.5. The van der Waals surface area contributed by atoms with Gasteiger partial charge in [0.2, 0.25) is 0 Å². The van der Waals surface area contributed by atoms with Gasteiger partial charge in [-0.1, -0.05) is 39.0 Å². The van der Waals surface area contributed by atoms with E-state index >= 15 is 0 Å². The lowest BCUT2D eigenvalue weighted by Crippen LogP contribution is -2.72. The molecule has 38 heavy (non-hydrogen) atoms. The van der Waals surface area contributed by atoms with Gasteiger partial charge in [0.15, 0.2) is 5.78 Å². The Kier molecular flexibility index (Phi) is 6.68. The van der Waals surface area contributed by atoms with Crippen LogP contribution in [0.2, 0.25) is 0 Å². The fraction of sp³-hybridized carbons (Fsp3) is 0.621. The fourth-order valence-electron chi connectivity index (χ4n) is 8.69. The first-order chi connectivity index (χ1) is 17.9. The van der Waals surface area contributed by atoms with Crippen molar-refractivity contribution in [1.82, 2.24) is 0 Å². The quantitative estimate of drug-likeness (QED) is 0.282. The zero-order valence-corrected chi connectivity index (χ0v) is 22.4. The smallest absolute Gasteiger partial charge is 0.457 e. The van der Waals surface area contributed by atoms with Crippen LogP contribution >= 0.6 is 11.6 Å². The molecule has 1 aromatic rings. The van der Waals surface area contributed by atoms with Crippen molar-refractivity contribution in [3.8, 4) is 0 Å². The van der Waals surface area contributed by atoms with Gasteiger partial charge in [-0.25, -0.2) is 9.59 Å². The first-order valence-electron chi connectivity index (χ1n) is 13.2. The van der Waals surface area contributed by atoms with E-state index in [-0.39, 0.29) is 41.9 Å². The number of carbonyl (C=O) groups excluding carboxylic acids is 2. The maximum absolute atomic E-state index is 14.1. The Balaban J connectivity index is 1.62. The van der Waals surface area contributed by atoms with Gasteiger partial charge in [0.1, 0.15) is 18.1 Å². The molecule has 1 aromatic carbocycles. The SMILES string of the molecule is C=C1C(=O)[C@@]23C([C@@H](O)C[C@@H]1[C@H]2OC(=O)c1ccc(CCl)cc1)[C@]1(COC(=O)O)CCCC(C)(C)C1C[C@H]3O. The molecule has 1 spiro atoms. The molecule has 3 N–H and O–H groups in total. The van der Waals surface area contributed by atoms with Crippen LogP contribution in [0.1, 0.15) is 61.9 Å². The number of hydrogen-bond acceptors (Lipinski definition) is 7. The number of halogens is 1. The minimum absolute atomic E-state index is 0.120. The summed E-state index contributed by atoms with van der Waals surface area (Å²) in [6, 6.07) is 6.64. The van der Waals surface area contributed by atoms with Crippen molar-refractivity contribution < 1.29 is 39.2 Å². The van der Waals surface area contributed by atoms with Crippen molar-refractivity contribution >= 4 is 29.5 Å². The van der Waals surface area contributed by atoms with E-state index in [2.05, 4.69) is 20.4 Å². The predicted molar refractivity (Wildman–Crippen MR) is 138 cm³/mol. The molecular weight excluding hydrogens is 512 g/mol. The van der Waals surface area contributed by atoms with Gasteiger partial charge in [0, 0.05) is 23.1 Å². The van der Waals surface area contributed by atoms with Gasteiger partial charge in [-0.05, 0) is 60.3 Å². The lowest BCUT2D eigenvalue weighted by atomic mass is 9.39. The third-order valence-corrected chi connectivity index (χ3v) is 10.4. The summed E-state index contributed by atoms with van der Waals surface area (Å²) in [6.07, 6.45) is -2.28. The van der Waals surface area contributed by atoms with E-state index in [1.165, 1.54) is 0 Å². The van der Waals surface area contributed by atoms with Crippen LogP contribution in [0.5, 0.6) is 0 Å². The molecule has 8 nitrogen and oxygen atoms in total. The minimum atomic E-state index is -1.64. The molecule has 4 aliphatic rings. The molecule has 0 saturated heterocycles. The highest BCUT2D eigenvalue weighted by Gasteiger charge is 2.78. The van der Waals surface area contributed by atoms with Crippen molar-refractivity contribution in [3.05, 3.63) is 47.5 Å². The van der Waals surface area contributed by atoms with Gasteiger partial charge in [-0.15, -0.1) is 11.6 Å². The summed E-state index contributed by atoms with van der Waals surface area (Å²) >= 11 is 5.87. The molecule has 0 heterocycles. The third kappa shape index (κ3) is 3.74. The number of carbonyl (C=O) groups is 3. The van der Waals surface area contributed by atoms with Crippen molar-refractivity contribution in [1.29, 1.82) is 0 Å². The molecule has 4 aliphatic carbocycles. The number of rotatable bonds is 5. The number of Topliss-reactive ketones (excluding diaryl/α,β-unsaturated/α-hetero) is 1. The Morgan fingerprint density at radius 3 is 2.45 bits per heavy atom. The summed E-state index contributed by atoms with van der Waals surface area (Å²) in [5.74, 6) is -2.51. The molecule has 4 saturated carbocycles. The van der Waals surface area contributed by atoms with Crippen LogP contribution in [0, 0.1) is 34.0 Å². The van der Waals surface area contributed by atoms with Crippen LogP contribution in [-0.4, -0.2) is 58.1 Å². The summed E-state index contributed by atoms with van der Waals surface area (Å²) in [5, 5.41) is 32.9. The Hall–Kier alpha value is -2.42. The molecule has 8 atom stereocenters. The predicted octanol–water partition coefficient (Wildman–Crippen LogP) is 4.35. The lowest BCUT2D eigenvalue weighted by Gasteiger charge is -2.66. The van der Waals surface area contributed by atoms with E-state index in [0.29, 0.717) is 12.3 Å². The van der Waals surface area contributed by atoms with Gasteiger partial charge in [0.05, 0.1) is 17.8 Å². The highest BCUT2D eigenvalue weighted by molar-refractivity contribution is 6.17. The maximum Gasteiger partial charge on any atom is 0.505 e. The number of aliphatic hydroxyl groups is 2. The maximum atomic E-state index is 14.1. The van der Waals surface area contributed by atoms with E-state index in [9.17, 15) is 29.7 Å². The minimum Gasteiger partial charge on any atom is -0.457 e. The molecule has 0 aliphatic heterocycles. The third-order valence-electron chi connectivity index (χ3n) is 10.1. The monoisotopic (exact) mass is 546 g/mol. The Bertz CT molecular complexity index is 1160. The van der Waals surface area contributed by atoms with Gasteiger partial charge in [-0.3, -0.25) is 4.79 Å². The van der Waals surface area contributed by atoms with Crippen molar-refractivity contribution in [2.45, 2.75) is 70.1 Å². The van der Waals surface area contributed by atoms with Gasteiger partial charge in [-0.2, -0.15) is 0 Å². The molecule has 0 aromatic heterocycles. The Morgan fingerprint density at radius 1 is 1.13 bits per heavy atom. The van der Waals surface area contributed by atoms with E-state index in [4.69, 9.17) is 21.1 Å². The van der Waals surface area contributed by atoms with Crippen molar-refractivity contribution in [3.63, 3.8) is 0 Å². The second kappa shape index (κ2) is 9.35. The number of ketones is 1. The molecule has 2 unspecified atom stereocenters. The number of aliphatic hydroxyl groups excluding tert-OH is 2. The number of esters is 1. The van der Waals surface area contributed by atoms with E-state index < -0.39 is 58.9 Å². The molecule has 5 rings (SSSR count). The molecule has 206 valence electrons. The number of ether oxygens (including phenoxy) is 2. The Labute approximate surface area is 227 Å². The molecule has 2 bridgehead atoms. The molecule has 9 heteroatoms. The van der Waals surface area contributed by atoms with Crippen LogP contribution in [-0.2, 0) is 20.1 Å². The molecule has 4 fully saturated rings. The summed E-state index contributed by atoms with van der Waals surface area (Å²) in [6.45, 7) is 7.95. The number of fused-ring (bicyclic) bond motifs is 3. The standard InChI is InChI=1S/C29H35ClO8/c1-15-18-11-19(31)22-28(14-37-26(35)36)10-4-9-27(2,3)20(28)12-21(32)29(22,23(15)33)24(18)38-25(34)17-7-5-16(13-30)6-8-17/h5-8,18-22,24,31-32H,1,4,9-14H2,2-3H3,(H,35,36)/t18-,19-,20?,21+,22?,24+,28-,29+/m0/s1. The van der Waals surface area contributed by atoms with E-state index in [1.54, 1.807) is 24.3 Å². The van der Waals surface area contributed by atoms with Gasteiger partial charge < -0.3 is 24.8 Å². The zero-order chi connectivity index (χ0) is 27.6. The molecule has 0 radical (unpaired) electrons. The molecular formula is C29H35ClO8. The summed E-state index contributed by atoms with van der Waals surface area (Å²) in [4.78, 5) is 39.0. The average molecular weight is 547 g/mol. The highest BCUT2D eigenvalue weighted by Crippen LogP contribution is 2.71. The fourth-order valence-corrected chi connectivity index (χ4v) is 8.87. The summed E-state index contributed by atoms with van der Waals surface area (Å²) in [5.41, 5.74) is -1.52. The zero-order valence-electron chi connectivity index (χ0n) is 21.7. The van der Waals surface area contributed by atoms with Crippen LogP contribution in [0.15, 0.2) is 36.4 Å². The second-order valence-electron chi connectivity index (χ2n) is 12.3. The first-order valence-corrected chi connectivity index (χ1v) is 13.7. The summed E-state index contributed by atoms with van der Waals surface area (Å²) < 4.78 is 11.3. The van der Waals surface area contributed by atoms with Crippen LogP contribution in [0.4, 0.5) is 4.79 Å². The largest absolute Gasteiger partial charge is 0.505 e. The normalized spacial score (nSPS) is 39.2. The van der Waals surface area contributed by atoms with Crippen LogP contribution < -0.4 is 0 Å². The first kappa shape index (κ1) is 27.2. The van der Waals surface area contributed by atoms with E-state index in [1.807, 2.05) is 0 Å². The lowest BCUT2D eigenvalue weighted by molar-refractivity contribution is -0.263. The van der Waals surface area contributed by atoms with Crippen LogP contribution in [0.25, 0.3) is 0 Å². The van der Waals surface area contributed by atoms with Crippen molar-refractivity contribution in [2.24, 2.45) is 34.0 Å². The highest BCUT2D eigenvalue weighted by atomic mass is 35.5. The van der Waals surface area contributed by atoms with Crippen LogP contribution in [0.3, 0.4) is 0 Å². The summed E-state index contributed by atoms with van der Waals surface area (Å²) in [7, 11) is 0. The van der Waals surface area contributed by atoms with Crippen molar-refractivity contribution in [2.75, 3.05) is 6.61 Å². The topological polar surface area (TPSA) is 130 Å². The number of hydrogen-bond donors (Lipinski definition) is 3. The number of benzene rings is 1. The average Bonchev–Trinajstić information content (AvgIpc) is 3.00. The molecule has 0 amide bonds. The number of alkyl halides is 1. The van der Waals surface area contributed by atoms with E-state index in [0.717, 1.165) is 18.4 Å². The Morgan fingerprint density at radius 2 is 1.82 bits per heavy atom. The number of carboxylic acid groups (broad SMARTS) is 1. The van der Waals surface area contributed by atoms with Gasteiger partial charge >= 0.3 is 12.1 Å².